The van der Waals surface area contributed by atoms with Crippen LogP contribution in [-0.2, 0) is 0 Å². The largest absolute Gasteiger partial charge is 0.497 e. The van der Waals surface area contributed by atoms with Gasteiger partial charge in [0.15, 0.2) is 5.11 Å². The fraction of sp³-hybridized carbons (Fsp3) is 0.562. The predicted octanol–water partition coefficient (Wildman–Crippen LogP) is 3.66. The van der Waals surface area contributed by atoms with Gasteiger partial charge in [-0.1, -0.05) is 0 Å². The van der Waals surface area contributed by atoms with Gasteiger partial charge >= 0.3 is 0 Å². The lowest BCUT2D eigenvalue weighted by Crippen LogP contribution is -2.49. The second kappa shape index (κ2) is 6.98. The van der Waals surface area contributed by atoms with Crippen LogP contribution in [0.2, 0.25) is 0 Å². The molecule has 0 spiro atoms. The molecule has 0 bridgehead atoms. The van der Waals surface area contributed by atoms with Crippen LogP contribution < -0.4 is 14.8 Å². The monoisotopic (exact) mass is 308 g/mol. The number of ether oxygens (including phenoxy) is 2. The first kappa shape index (κ1) is 15.9. The molecule has 1 fully saturated rings. The van der Waals surface area contributed by atoms with Crippen LogP contribution in [-0.4, -0.2) is 36.3 Å². The topological polar surface area (TPSA) is 33.7 Å². The molecule has 0 radical (unpaired) electrons. The van der Waals surface area contributed by atoms with E-state index in [1.807, 2.05) is 18.2 Å². The molecule has 2 rings (SSSR count). The van der Waals surface area contributed by atoms with Crippen molar-refractivity contribution < 1.29 is 9.47 Å². The quantitative estimate of drug-likeness (QED) is 0.862. The Morgan fingerprint density at radius 1 is 1.19 bits per heavy atom. The molecule has 21 heavy (non-hydrogen) atoms. The second-order valence-corrected chi connectivity index (χ2v) is 5.92. The van der Waals surface area contributed by atoms with Gasteiger partial charge in [0.1, 0.15) is 11.5 Å². The number of anilines is 1. The Morgan fingerprint density at radius 2 is 1.86 bits per heavy atom. The molecule has 0 saturated carbocycles. The molecule has 1 aliphatic heterocycles. The molecule has 2 atom stereocenters. The zero-order chi connectivity index (χ0) is 15.4. The standard InChI is InChI=1S/C16H24N2O2S/c1-11-6-5-7-12(2)18(11)16(21)17-14-9-8-13(19-3)10-15(14)20-4/h8-12H,5-7H2,1-4H3,(H,17,21). The minimum absolute atomic E-state index is 0.470. The van der Waals surface area contributed by atoms with Crippen molar-refractivity contribution in [3.63, 3.8) is 0 Å². The molecular weight excluding hydrogens is 284 g/mol. The van der Waals surface area contributed by atoms with E-state index in [0.717, 1.165) is 22.3 Å². The predicted molar refractivity (Wildman–Crippen MR) is 90.4 cm³/mol. The van der Waals surface area contributed by atoms with E-state index in [-0.39, 0.29) is 0 Å². The Balaban J connectivity index is 2.15. The zero-order valence-corrected chi connectivity index (χ0v) is 14.0. The lowest BCUT2D eigenvalue weighted by molar-refractivity contribution is 0.194. The molecule has 4 nitrogen and oxygen atoms in total. The first-order valence-corrected chi connectivity index (χ1v) is 7.79. The summed E-state index contributed by atoms with van der Waals surface area (Å²) in [7, 11) is 3.29. The number of likely N-dealkylation sites (tertiary alicyclic amines) is 1. The number of piperidine rings is 1. The van der Waals surface area contributed by atoms with Crippen LogP contribution in [0.3, 0.4) is 0 Å². The van der Waals surface area contributed by atoms with Crippen LogP contribution in [0.1, 0.15) is 33.1 Å². The van der Waals surface area contributed by atoms with Gasteiger partial charge < -0.3 is 19.7 Å². The maximum Gasteiger partial charge on any atom is 0.174 e. The zero-order valence-electron chi connectivity index (χ0n) is 13.2. The smallest absolute Gasteiger partial charge is 0.174 e. The van der Waals surface area contributed by atoms with Gasteiger partial charge in [-0.25, -0.2) is 0 Å². The highest BCUT2D eigenvalue weighted by molar-refractivity contribution is 7.80. The Labute approximate surface area is 132 Å². The number of nitrogens with zero attached hydrogens (tertiary/aromatic N) is 1. The number of benzene rings is 1. The summed E-state index contributed by atoms with van der Waals surface area (Å²) in [4.78, 5) is 2.29. The summed E-state index contributed by atoms with van der Waals surface area (Å²) < 4.78 is 10.6. The molecule has 1 aromatic rings. The molecule has 1 heterocycles. The summed E-state index contributed by atoms with van der Waals surface area (Å²) in [6.45, 7) is 4.46. The van der Waals surface area contributed by atoms with Crippen molar-refractivity contribution in [2.24, 2.45) is 0 Å². The maximum atomic E-state index is 5.61. The number of thiocarbonyl (C=S) groups is 1. The summed E-state index contributed by atoms with van der Waals surface area (Å²) in [5, 5.41) is 4.08. The summed E-state index contributed by atoms with van der Waals surface area (Å²) >= 11 is 5.61. The summed E-state index contributed by atoms with van der Waals surface area (Å²) in [6.07, 6.45) is 3.64. The number of hydrogen-bond donors (Lipinski definition) is 1. The molecular formula is C16H24N2O2S. The van der Waals surface area contributed by atoms with E-state index in [9.17, 15) is 0 Å². The molecule has 0 amide bonds. The summed E-state index contributed by atoms with van der Waals surface area (Å²) in [5.74, 6) is 1.50. The SMILES string of the molecule is COc1ccc(NC(=S)N2C(C)CCCC2C)c(OC)c1. The van der Waals surface area contributed by atoms with Gasteiger partial charge in [0.2, 0.25) is 0 Å². The van der Waals surface area contributed by atoms with E-state index in [2.05, 4.69) is 24.1 Å². The fourth-order valence-electron chi connectivity index (χ4n) is 2.90. The number of methoxy groups -OCH3 is 2. The molecule has 0 aliphatic carbocycles. The molecule has 1 aliphatic rings. The Kier molecular flexibility index (Phi) is 5.28. The van der Waals surface area contributed by atoms with E-state index in [1.165, 1.54) is 19.3 Å². The minimum atomic E-state index is 0.470. The highest BCUT2D eigenvalue weighted by Crippen LogP contribution is 2.30. The van der Waals surface area contributed by atoms with Crippen LogP contribution >= 0.6 is 12.2 Å². The van der Waals surface area contributed by atoms with Crippen molar-refractivity contribution >= 4 is 23.0 Å². The van der Waals surface area contributed by atoms with Gasteiger partial charge in [-0.15, -0.1) is 0 Å². The van der Waals surface area contributed by atoms with Crippen molar-refractivity contribution in [1.82, 2.24) is 4.90 Å². The van der Waals surface area contributed by atoms with Crippen molar-refractivity contribution in [2.45, 2.75) is 45.2 Å². The van der Waals surface area contributed by atoms with Crippen LogP contribution in [0, 0.1) is 0 Å². The van der Waals surface area contributed by atoms with E-state index in [0.29, 0.717) is 12.1 Å². The summed E-state index contributed by atoms with van der Waals surface area (Å²) in [5.41, 5.74) is 0.869. The van der Waals surface area contributed by atoms with Crippen LogP contribution in [0.4, 0.5) is 5.69 Å². The Morgan fingerprint density at radius 3 is 2.43 bits per heavy atom. The molecule has 1 N–H and O–H groups in total. The van der Waals surface area contributed by atoms with E-state index >= 15 is 0 Å². The van der Waals surface area contributed by atoms with Gasteiger partial charge in [0.25, 0.3) is 0 Å². The first-order chi connectivity index (χ1) is 10.1. The van der Waals surface area contributed by atoms with Crippen molar-refractivity contribution in [3.8, 4) is 11.5 Å². The van der Waals surface area contributed by atoms with Gasteiger partial charge in [0.05, 0.1) is 19.9 Å². The molecule has 0 aromatic heterocycles. The highest BCUT2D eigenvalue weighted by atomic mass is 32.1. The van der Waals surface area contributed by atoms with Gasteiger partial charge in [0, 0.05) is 18.2 Å². The third-order valence-electron chi connectivity index (χ3n) is 4.08. The molecule has 1 saturated heterocycles. The first-order valence-electron chi connectivity index (χ1n) is 7.38. The Bertz CT molecular complexity index is 497. The maximum absolute atomic E-state index is 5.61. The van der Waals surface area contributed by atoms with E-state index in [4.69, 9.17) is 21.7 Å². The van der Waals surface area contributed by atoms with Gasteiger partial charge in [-0.2, -0.15) is 0 Å². The molecule has 1 aromatic carbocycles. The fourth-order valence-corrected chi connectivity index (χ4v) is 3.37. The van der Waals surface area contributed by atoms with Crippen molar-refractivity contribution in [1.29, 1.82) is 0 Å². The van der Waals surface area contributed by atoms with Crippen molar-refractivity contribution in [3.05, 3.63) is 18.2 Å². The van der Waals surface area contributed by atoms with E-state index in [1.54, 1.807) is 14.2 Å². The van der Waals surface area contributed by atoms with Gasteiger partial charge in [-0.3, -0.25) is 0 Å². The average Bonchev–Trinajstić information content (AvgIpc) is 2.47. The summed E-state index contributed by atoms with van der Waals surface area (Å²) in [6, 6.07) is 6.63. The van der Waals surface area contributed by atoms with E-state index < -0.39 is 0 Å². The highest BCUT2D eigenvalue weighted by Gasteiger charge is 2.27. The third-order valence-corrected chi connectivity index (χ3v) is 4.39. The minimum Gasteiger partial charge on any atom is -0.497 e. The normalized spacial score (nSPS) is 21.8. The van der Waals surface area contributed by atoms with Crippen LogP contribution in [0.5, 0.6) is 11.5 Å². The second-order valence-electron chi connectivity index (χ2n) is 5.53. The molecule has 5 heteroatoms. The average molecular weight is 308 g/mol. The Hall–Kier alpha value is -1.49. The number of nitrogens with one attached hydrogen (secondary N) is 1. The van der Waals surface area contributed by atoms with Crippen LogP contribution in [0.25, 0.3) is 0 Å². The molecule has 2 unspecified atom stereocenters. The van der Waals surface area contributed by atoms with Crippen LogP contribution in [0.15, 0.2) is 18.2 Å². The lowest BCUT2D eigenvalue weighted by atomic mass is 9.98. The number of hydrogen-bond acceptors (Lipinski definition) is 3. The van der Waals surface area contributed by atoms with Crippen molar-refractivity contribution in [2.75, 3.05) is 19.5 Å². The molecule has 116 valence electrons. The lowest BCUT2D eigenvalue weighted by Gasteiger charge is -2.41. The van der Waals surface area contributed by atoms with Gasteiger partial charge in [-0.05, 0) is 57.5 Å². The number of rotatable bonds is 3. The third kappa shape index (κ3) is 3.59.